The molecule has 1 heterocycles. The Bertz CT molecular complexity index is 899. The molecule has 1 fully saturated rings. The molecule has 4 N–H and O–H groups in total. The average molecular weight is 827 g/mol. The fourth-order valence-electron chi connectivity index (χ4n) is 7.78. The highest BCUT2D eigenvalue weighted by Gasteiger charge is 2.44. The predicted molar refractivity (Wildman–Crippen MR) is 238 cm³/mol. The molecule has 1 aliphatic heterocycles. The third kappa shape index (κ3) is 31.8. The van der Waals surface area contributed by atoms with Crippen LogP contribution in [0.2, 0.25) is 0 Å². The number of unbranched alkanes of at least 4 members (excludes halogenated alkanes) is 30. The van der Waals surface area contributed by atoms with Crippen molar-refractivity contribution in [2.24, 2.45) is 0 Å². The summed E-state index contributed by atoms with van der Waals surface area (Å²) >= 11 is 0. The van der Waals surface area contributed by atoms with Gasteiger partial charge in [0.25, 0.3) is 0 Å². The molecular weight excluding hydrogens is 733 g/mol. The maximum absolute atomic E-state index is 12.8. The van der Waals surface area contributed by atoms with Gasteiger partial charge in [0.05, 0.1) is 19.8 Å². The summed E-state index contributed by atoms with van der Waals surface area (Å²) in [6.45, 7) is 4.58. The highest BCUT2D eigenvalue weighted by atomic mass is 16.7. The molecule has 58 heavy (non-hydrogen) atoms. The van der Waals surface area contributed by atoms with Crippen LogP contribution in [0.25, 0.3) is 0 Å². The van der Waals surface area contributed by atoms with Gasteiger partial charge < -0.3 is 39.4 Å². The van der Waals surface area contributed by atoms with Gasteiger partial charge in [-0.25, -0.2) is 0 Å². The van der Waals surface area contributed by atoms with Crippen LogP contribution in [0.5, 0.6) is 0 Å². The van der Waals surface area contributed by atoms with Gasteiger partial charge in [-0.05, 0) is 38.5 Å². The summed E-state index contributed by atoms with van der Waals surface area (Å²) in [4.78, 5) is 12.8. The maximum atomic E-state index is 12.8. The molecule has 0 spiro atoms. The Hall–Kier alpha value is -1.07. The van der Waals surface area contributed by atoms with Crippen molar-refractivity contribution in [1.29, 1.82) is 0 Å². The molecule has 1 rings (SSSR count). The average Bonchev–Trinajstić information content (AvgIpc) is 3.22. The van der Waals surface area contributed by atoms with Gasteiger partial charge in [0.1, 0.15) is 30.5 Å². The van der Waals surface area contributed by atoms with Crippen LogP contribution in [-0.2, 0) is 23.7 Å². The first-order chi connectivity index (χ1) is 28.4. The molecule has 0 aromatic heterocycles. The Balaban J connectivity index is 2.19. The molecule has 0 radical (unpaired) electrons. The zero-order chi connectivity index (χ0) is 42.2. The van der Waals surface area contributed by atoms with Crippen LogP contribution >= 0.6 is 0 Å². The van der Waals surface area contributed by atoms with Gasteiger partial charge in [0.2, 0.25) is 0 Å². The van der Waals surface area contributed by atoms with Crippen molar-refractivity contribution in [2.45, 2.75) is 269 Å². The van der Waals surface area contributed by atoms with Gasteiger partial charge in [0, 0.05) is 13.0 Å². The topological polar surface area (TPSA) is 135 Å². The van der Waals surface area contributed by atoms with E-state index >= 15 is 0 Å². The zero-order valence-electron chi connectivity index (χ0n) is 37.8. The first-order valence-electron chi connectivity index (χ1n) is 24.8. The number of rotatable bonds is 43. The van der Waals surface area contributed by atoms with Crippen molar-refractivity contribution in [2.75, 3.05) is 26.4 Å². The lowest BCUT2D eigenvalue weighted by Gasteiger charge is -2.39. The molecule has 0 aromatic rings. The minimum Gasteiger partial charge on any atom is -0.457 e. The molecule has 0 aromatic carbocycles. The van der Waals surface area contributed by atoms with Gasteiger partial charge in [0.15, 0.2) is 6.29 Å². The van der Waals surface area contributed by atoms with Crippen LogP contribution in [0.4, 0.5) is 0 Å². The van der Waals surface area contributed by atoms with E-state index in [1.54, 1.807) is 0 Å². The van der Waals surface area contributed by atoms with E-state index in [0.717, 1.165) is 44.9 Å². The standard InChI is InChI=1S/C49H94O9/c1-3-5-7-9-11-13-15-17-19-20-21-22-23-24-25-27-29-31-33-35-37-39-55-41-43(42-56-49-48(54)47(53)46(52)44(40-50)58-49)57-45(51)38-36-34-32-30-28-26-18-16-14-12-10-8-6-4-2/h16,18,43-44,46-50,52-54H,3-15,17,19-42H2,1-2H3/b18-16-. The third-order valence-corrected chi connectivity index (χ3v) is 11.7. The first kappa shape index (κ1) is 54.9. The second kappa shape index (κ2) is 41.3. The van der Waals surface area contributed by atoms with Gasteiger partial charge in [-0.1, -0.05) is 199 Å². The molecule has 344 valence electrons. The minimum absolute atomic E-state index is 0.111. The van der Waals surface area contributed by atoms with Gasteiger partial charge >= 0.3 is 5.97 Å². The molecule has 6 atom stereocenters. The summed E-state index contributed by atoms with van der Waals surface area (Å²) < 4.78 is 22.9. The van der Waals surface area contributed by atoms with E-state index in [4.69, 9.17) is 18.9 Å². The first-order valence-corrected chi connectivity index (χ1v) is 24.8. The van der Waals surface area contributed by atoms with Crippen LogP contribution < -0.4 is 0 Å². The lowest BCUT2D eigenvalue weighted by atomic mass is 9.99. The molecule has 6 unspecified atom stereocenters. The quantitative estimate of drug-likeness (QED) is 0.0269. The van der Waals surface area contributed by atoms with E-state index in [1.807, 2.05) is 0 Å². The van der Waals surface area contributed by atoms with Gasteiger partial charge in [-0.3, -0.25) is 4.79 Å². The van der Waals surface area contributed by atoms with Gasteiger partial charge in [-0.2, -0.15) is 0 Å². The minimum atomic E-state index is -1.53. The van der Waals surface area contributed by atoms with E-state index in [0.29, 0.717) is 13.0 Å². The van der Waals surface area contributed by atoms with Crippen molar-refractivity contribution in [3.8, 4) is 0 Å². The molecule has 1 saturated heterocycles. The number of ether oxygens (including phenoxy) is 4. The SMILES string of the molecule is CCCCCCC/C=C\CCCCCCCC(=O)OC(COCCCCCCCCCCCCCCCCCCCCCCC)COC1OC(CO)C(O)C(O)C1O. The molecule has 9 heteroatoms. The van der Waals surface area contributed by atoms with E-state index in [-0.39, 0.29) is 19.2 Å². The maximum Gasteiger partial charge on any atom is 0.306 e. The fourth-order valence-corrected chi connectivity index (χ4v) is 7.78. The highest BCUT2D eigenvalue weighted by Crippen LogP contribution is 2.23. The van der Waals surface area contributed by atoms with Crippen molar-refractivity contribution < 1.29 is 44.2 Å². The normalized spacial score (nSPS) is 20.3. The monoisotopic (exact) mass is 827 g/mol. The molecular formula is C49H94O9. The number of esters is 1. The van der Waals surface area contributed by atoms with E-state index in [1.165, 1.54) is 167 Å². The molecule has 0 amide bonds. The lowest BCUT2D eigenvalue weighted by molar-refractivity contribution is -0.305. The van der Waals surface area contributed by atoms with Crippen LogP contribution in [0.3, 0.4) is 0 Å². The van der Waals surface area contributed by atoms with Crippen LogP contribution in [0.15, 0.2) is 12.2 Å². The van der Waals surface area contributed by atoms with Crippen molar-refractivity contribution in [1.82, 2.24) is 0 Å². The third-order valence-electron chi connectivity index (χ3n) is 11.7. The second-order valence-corrected chi connectivity index (χ2v) is 17.3. The summed E-state index contributed by atoms with van der Waals surface area (Å²) in [6, 6.07) is 0. The highest BCUT2D eigenvalue weighted by molar-refractivity contribution is 5.69. The number of allylic oxidation sites excluding steroid dienone is 2. The summed E-state index contributed by atoms with van der Waals surface area (Å²) in [5, 5.41) is 40.2. The largest absolute Gasteiger partial charge is 0.457 e. The number of carbonyl (C=O) groups is 1. The number of aliphatic hydroxyl groups is 4. The van der Waals surface area contributed by atoms with E-state index < -0.39 is 43.4 Å². The number of hydrogen-bond donors (Lipinski definition) is 4. The Morgan fingerprint density at radius 2 is 0.948 bits per heavy atom. The lowest BCUT2D eigenvalue weighted by Crippen LogP contribution is -2.59. The molecule has 0 bridgehead atoms. The summed E-state index contributed by atoms with van der Waals surface area (Å²) in [7, 11) is 0. The molecule has 0 saturated carbocycles. The Kier molecular flexibility index (Phi) is 39.1. The zero-order valence-corrected chi connectivity index (χ0v) is 37.8. The second-order valence-electron chi connectivity index (χ2n) is 17.3. The fraction of sp³-hybridized carbons (Fsp3) is 0.939. The predicted octanol–water partition coefficient (Wildman–Crippen LogP) is 11.6. The molecule has 9 nitrogen and oxygen atoms in total. The smallest absolute Gasteiger partial charge is 0.306 e. The van der Waals surface area contributed by atoms with Crippen LogP contribution in [-0.4, -0.2) is 89.6 Å². The van der Waals surface area contributed by atoms with E-state index in [9.17, 15) is 25.2 Å². The Labute approximate surface area is 356 Å². The molecule has 0 aliphatic carbocycles. The van der Waals surface area contributed by atoms with Crippen LogP contribution in [0, 0.1) is 0 Å². The number of aliphatic hydroxyl groups excluding tert-OH is 4. The van der Waals surface area contributed by atoms with Crippen molar-refractivity contribution in [3.63, 3.8) is 0 Å². The summed E-state index contributed by atoms with van der Waals surface area (Å²) in [5.74, 6) is -0.318. The number of carbonyl (C=O) groups excluding carboxylic acids is 1. The van der Waals surface area contributed by atoms with Crippen molar-refractivity contribution in [3.05, 3.63) is 12.2 Å². The van der Waals surface area contributed by atoms with E-state index in [2.05, 4.69) is 26.0 Å². The Morgan fingerprint density at radius 1 is 0.534 bits per heavy atom. The van der Waals surface area contributed by atoms with Gasteiger partial charge in [-0.15, -0.1) is 0 Å². The summed E-state index contributed by atoms with van der Waals surface area (Å²) in [5.41, 5.74) is 0. The Morgan fingerprint density at radius 3 is 1.40 bits per heavy atom. The molecule has 1 aliphatic rings. The summed E-state index contributed by atoms with van der Waals surface area (Å²) in [6.07, 6.45) is 39.6. The van der Waals surface area contributed by atoms with Crippen LogP contribution in [0.1, 0.15) is 232 Å². The van der Waals surface area contributed by atoms with Crippen molar-refractivity contribution >= 4 is 5.97 Å². The number of hydrogen-bond acceptors (Lipinski definition) is 9.